The van der Waals surface area contributed by atoms with Crippen molar-refractivity contribution in [2.24, 2.45) is 5.92 Å². The van der Waals surface area contributed by atoms with E-state index in [2.05, 4.69) is 45.0 Å². The second-order valence-electron chi connectivity index (χ2n) is 6.60. The van der Waals surface area contributed by atoms with Gasteiger partial charge in [0.2, 0.25) is 0 Å². The number of hydrogen-bond acceptors (Lipinski definition) is 2. The van der Waals surface area contributed by atoms with Crippen molar-refractivity contribution in [2.75, 3.05) is 19.8 Å². The molecule has 0 bridgehead atoms. The quantitative estimate of drug-likeness (QED) is 0.390. The molecule has 0 aliphatic rings. The van der Waals surface area contributed by atoms with E-state index in [-0.39, 0.29) is 0 Å². The second kappa shape index (κ2) is 13.4. The van der Waals surface area contributed by atoms with Crippen molar-refractivity contribution in [1.29, 1.82) is 0 Å². The Labute approximate surface area is 143 Å². The van der Waals surface area contributed by atoms with Gasteiger partial charge in [-0.25, -0.2) is 0 Å². The van der Waals surface area contributed by atoms with E-state index in [4.69, 9.17) is 9.47 Å². The predicted octanol–water partition coefficient (Wildman–Crippen LogP) is 6.03. The Morgan fingerprint density at radius 2 is 1.57 bits per heavy atom. The van der Waals surface area contributed by atoms with Crippen molar-refractivity contribution in [1.82, 2.24) is 0 Å². The fourth-order valence-electron chi connectivity index (χ4n) is 2.48. The van der Waals surface area contributed by atoms with Crippen LogP contribution in [0.15, 0.2) is 24.3 Å². The summed E-state index contributed by atoms with van der Waals surface area (Å²) in [6.45, 7) is 8.80. The monoisotopic (exact) mass is 320 g/mol. The predicted molar refractivity (Wildman–Crippen MR) is 99.3 cm³/mol. The number of rotatable bonds is 14. The minimum atomic E-state index is 0.632. The first-order chi connectivity index (χ1) is 11.3. The van der Waals surface area contributed by atoms with Crippen molar-refractivity contribution < 1.29 is 9.47 Å². The van der Waals surface area contributed by atoms with Gasteiger partial charge in [-0.15, -0.1) is 0 Å². The van der Waals surface area contributed by atoms with Crippen molar-refractivity contribution in [3.8, 4) is 5.75 Å². The summed E-state index contributed by atoms with van der Waals surface area (Å²) < 4.78 is 11.3. The normalized spacial score (nSPS) is 12.3. The van der Waals surface area contributed by atoms with Crippen molar-refractivity contribution in [3.05, 3.63) is 29.8 Å². The average Bonchev–Trinajstić information content (AvgIpc) is 2.58. The molecule has 0 heterocycles. The SMILES string of the molecule is CCCCCCCCc1ccc(OCCOCC(C)CC)cc1. The van der Waals surface area contributed by atoms with Crippen LogP contribution in [0.2, 0.25) is 0 Å². The Balaban J connectivity index is 2.08. The van der Waals surface area contributed by atoms with Crippen LogP contribution in [0.4, 0.5) is 0 Å². The van der Waals surface area contributed by atoms with E-state index in [1.807, 2.05) is 0 Å². The highest BCUT2D eigenvalue weighted by atomic mass is 16.5. The van der Waals surface area contributed by atoms with Crippen LogP contribution in [0.1, 0.15) is 71.3 Å². The standard InChI is InChI=1S/C21H36O2/c1-4-6-7-8-9-10-11-20-12-14-21(15-13-20)23-17-16-22-18-19(3)5-2/h12-15,19H,4-11,16-18H2,1-3H3. The molecule has 132 valence electrons. The van der Waals surface area contributed by atoms with Crippen LogP contribution >= 0.6 is 0 Å². The number of ether oxygens (including phenoxy) is 2. The van der Waals surface area contributed by atoms with E-state index in [1.165, 1.54) is 56.9 Å². The minimum absolute atomic E-state index is 0.632. The van der Waals surface area contributed by atoms with Gasteiger partial charge >= 0.3 is 0 Å². The molecule has 0 aliphatic carbocycles. The van der Waals surface area contributed by atoms with Crippen LogP contribution in [0.5, 0.6) is 5.75 Å². The van der Waals surface area contributed by atoms with Crippen LogP contribution < -0.4 is 4.74 Å². The Kier molecular flexibility index (Phi) is 11.7. The maximum Gasteiger partial charge on any atom is 0.119 e. The van der Waals surface area contributed by atoms with Crippen LogP contribution in [0, 0.1) is 5.92 Å². The highest BCUT2D eigenvalue weighted by molar-refractivity contribution is 5.27. The highest BCUT2D eigenvalue weighted by Gasteiger charge is 1.99. The van der Waals surface area contributed by atoms with Gasteiger partial charge in [-0.1, -0.05) is 71.4 Å². The van der Waals surface area contributed by atoms with E-state index in [9.17, 15) is 0 Å². The maximum atomic E-state index is 5.72. The Morgan fingerprint density at radius 1 is 0.870 bits per heavy atom. The van der Waals surface area contributed by atoms with Crippen molar-refractivity contribution in [2.45, 2.75) is 72.1 Å². The maximum absolute atomic E-state index is 5.72. The zero-order valence-electron chi connectivity index (χ0n) is 15.5. The summed E-state index contributed by atoms with van der Waals surface area (Å²) in [7, 11) is 0. The lowest BCUT2D eigenvalue weighted by molar-refractivity contribution is 0.0771. The molecule has 1 rings (SSSR count). The Bertz CT molecular complexity index is 372. The van der Waals surface area contributed by atoms with Crippen LogP contribution in [-0.2, 0) is 11.2 Å². The molecule has 0 N–H and O–H groups in total. The molecule has 2 nitrogen and oxygen atoms in total. The van der Waals surface area contributed by atoms with Gasteiger partial charge in [-0.2, -0.15) is 0 Å². The molecule has 1 aromatic carbocycles. The summed E-state index contributed by atoms with van der Waals surface area (Å²) in [4.78, 5) is 0. The molecule has 0 radical (unpaired) electrons. The largest absolute Gasteiger partial charge is 0.491 e. The fraction of sp³-hybridized carbons (Fsp3) is 0.714. The summed E-state index contributed by atoms with van der Waals surface area (Å²) >= 11 is 0. The third-order valence-electron chi connectivity index (χ3n) is 4.34. The molecular weight excluding hydrogens is 284 g/mol. The van der Waals surface area contributed by atoms with Gasteiger partial charge in [-0.3, -0.25) is 0 Å². The summed E-state index contributed by atoms with van der Waals surface area (Å²) in [5.41, 5.74) is 1.42. The summed E-state index contributed by atoms with van der Waals surface area (Å²) in [6.07, 6.45) is 10.5. The number of benzene rings is 1. The van der Waals surface area contributed by atoms with E-state index in [1.54, 1.807) is 0 Å². The second-order valence-corrected chi connectivity index (χ2v) is 6.60. The summed E-state index contributed by atoms with van der Waals surface area (Å²) in [5.74, 6) is 1.58. The van der Waals surface area contributed by atoms with E-state index >= 15 is 0 Å². The van der Waals surface area contributed by atoms with E-state index < -0.39 is 0 Å². The van der Waals surface area contributed by atoms with Gasteiger partial charge < -0.3 is 9.47 Å². The zero-order chi connectivity index (χ0) is 16.8. The summed E-state index contributed by atoms with van der Waals surface area (Å²) in [5, 5.41) is 0. The van der Waals surface area contributed by atoms with Crippen LogP contribution in [0.25, 0.3) is 0 Å². The molecule has 1 atom stereocenters. The molecule has 0 amide bonds. The van der Waals surface area contributed by atoms with Crippen molar-refractivity contribution >= 4 is 0 Å². The van der Waals surface area contributed by atoms with Crippen molar-refractivity contribution in [3.63, 3.8) is 0 Å². The molecule has 2 heteroatoms. The molecule has 0 spiro atoms. The molecular formula is C21H36O2. The van der Waals surface area contributed by atoms with Crippen LogP contribution in [0.3, 0.4) is 0 Å². The van der Waals surface area contributed by atoms with Gasteiger partial charge in [0.25, 0.3) is 0 Å². The van der Waals surface area contributed by atoms with Gasteiger partial charge in [0, 0.05) is 6.61 Å². The molecule has 23 heavy (non-hydrogen) atoms. The zero-order valence-corrected chi connectivity index (χ0v) is 15.5. The molecule has 0 aliphatic heterocycles. The topological polar surface area (TPSA) is 18.5 Å². The first-order valence-corrected chi connectivity index (χ1v) is 9.55. The lowest BCUT2D eigenvalue weighted by Crippen LogP contribution is -2.11. The molecule has 0 saturated carbocycles. The van der Waals surface area contributed by atoms with E-state index in [0.717, 1.165) is 12.4 Å². The summed E-state index contributed by atoms with van der Waals surface area (Å²) in [6, 6.07) is 8.56. The lowest BCUT2D eigenvalue weighted by atomic mass is 10.0. The van der Waals surface area contributed by atoms with Gasteiger partial charge in [-0.05, 0) is 36.5 Å². The molecule has 0 fully saturated rings. The van der Waals surface area contributed by atoms with E-state index in [0.29, 0.717) is 19.1 Å². The lowest BCUT2D eigenvalue weighted by Gasteiger charge is -2.10. The van der Waals surface area contributed by atoms with Gasteiger partial charge in [0.15, 0.2) is 0 Å². The molecule has 1 aromatic rings. The number of unbranched alkanes of at least 4 members (excludes halogenated alkanes) is 5. The molecule has 0 saturated heterocycles. The van der Waals surface area contributed by atoms with Gasteiger partial charge in [0.05, 0.1) is 6.61 Å². The van der Waals surface area contributed by atoms with Gasteiger partial charge in [0.1, 0.15) is 12.4 Å². The fourth-order valence-corrected chi connectivity index (χ4v) is 2.48. The third kappa shape index (κ3) is 10.4. The third-order valence-corrected chi connectivity index (χ3v) is 4.34. The first kappa shape index (κ1) is 20.0. The molecule has 0 aromatic heterocycles. The average molecular weight is 321 g/mol. The Morgan fingerprint density at radius 3 is 2.26 bits per heavy atom. The minimum Gasteiger partial charge on any atom is -0.491 e. The number of aryl methyl sites for hydroxylation is 1. The van der Waals surface area contributed by atoms with Crippen LogP contribution in [-0.4, -0.2) is 19.8 Å². The first-order valence-electron chi connectivity index (χ1n) is 9.55. The smallest absolute Gasteiger partial charge is 0.119 e. The highest BCUT2D eigenvalue weighted by Crippen LogP contribution is 2.15. The number of hydrogen-bond donors (Lipinski definition) is 0. The molecule has 1 unspecified atom stereocenters. The Hall–Kier alpha value is -1.02.